The van der Waals surface area contributed by atoms with E-state index >= 15 is 0 Å². The summed E-state index contributed by atoms with van der Waals surface area (Å²) in [5, 5.41) is 2.79. The largest absolute Gasteiger partial charge is 0.326 e. The van der Waals surface area contributed by atoms with Gasteiger partial charge in [0.2, 0.25) is 5.91 Å². The molecule has 2 aliphatic rings. The zero-order chi connectivity index (χ0) is 13.7. The summed E-state index contributed by atoms with van der Waals surface area (Å²) >= 11 is 0. The van der Waals surface area contributed by atoms with Crippen molar-refractivity contribution in [1.29, 1.82) is 0 Å². The Hall–Kier alpha value is -2.17. The maximum absolute atomic E-state index is 11.8. The van der Waals surface area contributed by atoms with E-state index in [1.807, 2.05) is 6.92 Å². The van der Waals surface area contributed by atoms with Crippen molar-refractivity contribution in [3.8, 4) is 0 Å². The maximum atomic E-state index is 11.8. The summed E-state index contributed by atoms with van der Waals surface area (Å²) in [4.78, 5) is 36.5. The zero-order valence-electron chi connectivity index (χ0n) is 10.8. The lowest BCUT2D eigenvalue weighted by Gasteiger charge is -2.05. The Balaban J connectivity index is 1.85. The van der Waals surface area contributed by atoms with Crippen molar-refractivity contribution in [2.75, 3.05) is 12.4 Å². The third-order valence-electron chi connectivity index (χ3n) is 3.80. The third kappa shape index (κ3) is 1.82. The van der Waals surface area contributed by atoms with Gasteiger partial charge in [-0.2, -0.15) is 0 Å². The first-order valence-electron chi connectivity index (χ1n) is 6.26. The van der Waals surface area contributed by atoms with Crippen LogP contribution in [0.1, 0.15) is 34.1 Å². The fourth-order valence-electron chi connectivity index (χ4n) is 2.36. The molecule has 0 bridgehead atoms. The molecule has 19 heavy (non-hydrogen) atoms. The van der Waals surface area contributed by atoms with Crippen LogP contribution in [-0.4, -0.2) is 29.7 Å². The Kier molecular flexibility index (Phi) is 2.45. The highest BCUT2D eigenvalue weighted by molar-refractivity contribution is 6.21. The molecule has 1 N–H and O–H groups in total. The first-order chi connectivity index (χ1) is 8.99. The predicted octanol–water partition coefficient (Wildman–Crippen LogP) is 1.51. The van der Waals surface area contributed by atoms with Crippen LogP contribution in [0.2, 0.25) is 0 Å². The van der Waals surface area contributed by atoms with Gasteiger partial charge < -0.3 is 5.32 Å². The molecule has 1 saturated carbocycles. The predicted molar refractivity (Wildman–Crippen MR) is 68.8 cm³/mol. The first kappa shape index (κ1) is 11.9. The van der Waals surface area contributed by atoms with Gasteiger partial charge in [0.1, 0.15) is 0 Å². The Morgan fingerprint density at radius 3 is 2.53 bits per heavy atom. The minimum atomic E-state index is -0.323. The minimum absolute atomic E-state index is 0.0161. The maximum Gasteiger partial charge on any atom is 0.261 e. The van der Waals surface area contributed by atoms with E-state index in [0.717, 1.165) is 11.3 Å². The summed E-state index contributed by atoms with van der Waals surface area (Å²) in [5.74, 6) is -0.126. The van der Waals surface area contributed by atoms with Crippen LogP contribution in [-0.2, 0) is 4.79 Å². The first-order valence-corrected chi connectivity index (χ1v) is 6.26. The molecule has 3 amide bonds. The molecule has 0 aromatic heterocycles. The highest BCUT2D eigenvalue weighted by Gasteiger charge is 2.39. The quantitative estimate of drug-likeness (QED) is 0.818. The number of anilines is 1. The zero-order valence-corrected chi connectivity index (χ0v) is 10.8. The smallest absolute Gasteiger partial charge is 0.261 e. The topological polar surface area (TPSA) is 66.5 Å². The van der Waals surface area contributed by atoms with Gasteiger partial charge in [-0.25, -0.2) is 0 Å². The molecule has 1 fully saturated rings. The lowest BCUT2D eigenvalue weighted by Crippen LogP contribution is -2.24. The molecule has 5 heteroatoms. The van der Waals surface area contributed by atoms with Crippen LogP contribution in [0.3, 0.4) is 0 Å². The SMILES string of the molecule is C[C@@H]1C[C@H]1C(=O)Nc1ccc2c(c1)C(=O)N(C)C2=O. The van der Waals surface area contributed by atoms with E-state index in [2.05, 4.69) is 5.32 Å². The molecule has 2 atom stereocenters. The monoisotopic (exact) mass is 258 g/mol. The van der Waals surface area contributed by atoms with Gasteiger partial charge in [-0.05, 0) is 30.5 Å². The van der Waals surface area contributed by atoms with Crippen molar-refractivity contribution >= 4 is 23.4 Å². The molecule has 1 aromatic carbocycles. The van der Waals surface area contributed by atoms with E-state index in [0.29, 0.717) is 22.7 Å². The van der Waals surface area contributed by atoms with Crippen LogP contribution in [0.15, 0.2) is 18.2 Å². The number of imide groups is 1. The van der Waals surface area contributed by atoms with Gasteiger partial charge in [0.25, 0.3) is 11.8 Å². The lowest BCUT2D eigenvalue weighted by molar-refractivity contribution is -0.117. The van der Waals surface area contributed by atoms with Crippen molar-refractivity contribution in [1.82, 2.24) is 4.90 Å². The van der Waals surface area contributed by atoms with E-state index in [1.54, 1.807) is 18.2 Å². The van der Waals surface area contributed by atoms with E-state index < -0.39 is 0 Å². The van der Waals surface area contributed by atoms with Gasteiger partial charge in [-0.1, -0.05) is 6.92 Å². The molecule has 98 valence electrons. The Bertz CT molecular complexity index is 609. The molecule has 0 saturated heterocycles. The Labute approximate surface area is 110 Å². The van der Waals surface area contributed by atoms with Crippen LogP contribution >= 0.6 is 0 Å². The molecule has 1 heterocycles. The fourth-order valence-corrected chi connectivity index (χ4v) is 2.36. The lowest BCUT2D eigenvalue weighted by atomic mass is 10.1. The number of hydrogen-bond donors (Lipinski definition) is 1. The number of nitrogens with zero attached hydrogens (tertiary/aromatic N) is 1. The van der Waals surface area contributed by atoms with E-state index in [1.165, 1.54) is 7.05 Å². The van der Waals surface area contributed by atoms with Crippen LogP contribution in [0.25, 0.3) is 0 Å². The van der Waals surface area contributed by atoms with E-state index in [9.17, 15) is 14.4 Å². The second kappa shape index (κ2) is 3.91. The second-order valence-corrected chi connectivity index (χ2v) is 5.24. The second-order valence-electron chi connectivity index (χ2n) is 5.24. The third-order valence-corrected chi connectivity index (χ3v) is 3.80. The fraction of sp³-hybridized carbons (Fsp3) is 0.357. The van der Waals surface area contributed by atoms with Crippen LogP contribution in [0.4, 0.5) is 5.69 Å². The van der Waals surface area contributed by atoms with Gasteiger partial charge in [0.15, 0.2) is 0 Å². The van der Waals surface area contributed by atoms with Crippen molar-refractivity contribution in [3.63, 3.8) is 0 Å². The van der Waals surface area contributed by atoms with Crippen molar-refractivity contribution < 1.29 is 14.4 Å². The molecule has 1 aliphatic heterocycles. The molecule has 0 unspecified atom stereocenters. The molecule has 3 rings (SSSR count). The number of fused-ring (bicyclic) bond motifs is 1. The molecule has 1 aromatic rings. The normalized spacial score (nSPS) is 24.4. The van der Waals surface area contributed by atoms with Crippen LogP contribution in [0, 0.1) is 11.8 Å². The Morgan fingerprint density at radius 1 is 1.26 bits per heavy atom. The number of hydrogen-bond acceptors (Lipinski definition) is 3. The highest BCUT2D eigenvalue weighted by atomic mass is 16.2. The van der Waals surface area contributed by atoms with Gasteiger partial charge in [0.05, 0.1) is 11.1 Å². The molecule has 1 aliphatic carbocycles. The average Bonchev–Trinajstić information content (AvgIpc) is 3.08. The molecule has 5 nitrogen and oxygen atoms in total. The highest BCUT2D eigenvalue weighted by Crippen LogP contribution is 2.38. The minimum Gasteiger partial charge on any atom is -0.326 e. The van der Waals surface area contributed by atoms with Crippen LogP contribution < -0.4 is 5.32 Å². The summed E-state index contributed by atoms with van der Waals surface area (Å²) in [5.41, 5.74) is 1.32. The standard InChI is InChI=1S/C14H14N2O3/c1-7-5-10(7)12(17)15-8-3-4-9-11(6-8)14(19)16(2)13(9)18/h3-4,6-7,10H,5H2,1-2H3,(H,15,17)/t7-,10-/m1/s1. The van der Waals surface area contributed by atoms with E-state index in [-0.39, 0.29) is 23.6 Å². The Morgan fingerprint density at radius 2 is 1.89 bits per heavy atom. The van der Waals surface area contributed by atoms with Crippen molar-refractivity contribution in [2.24, 2.45) is 11.8 Å². The van der Waals surface area contributed by atoms with Crippen LogP contribution in [0.5, 0.6) is 0 Å². The van der Waals surface area contributed by atoms with Gasteiger partial charge in [-0.3, -0.25) is 19.3 Å². The van der Waals surface area contributed by atoms with E-state index in [4.69, 9.17) is 0 Å². The number of benzene rings is 1. The number of amides is 3. The summed E-state index contributed by atoms with van der Waals surface area (Å²) in [6, 6.07) is 4.82. The molecule has 0 spiro atoms. The van der Waals surface area contributed by atoms with Crippen molar-refractivity contribution in [3.05, 3.63) is 29.3 Å². The number of carbonyl (C=O) groups excluding carboxylic acids is 3. The molecular formula is C14H14N2O3. The molecular weight excluding hydrogens is 244 g/mol. The number of nitrogens with one attached hydrogen (secondary N) is 1. The van der Waals surface area contributed by atoms with Gasteiger partial charge >= 0.3 is 0 Å². The summed E-state index contributed by atoms with van der Waals surface area (Å²) < 4.78 is 0. The van der Waals surface area contributed by atoms with Gasteiger partial charge in [0, 0.05) is 18.7 Å². The summed E-state index contributed by atoms with van der Waals surface area (Å²) in [6.07, 6.45) is 0.914. The van der Waals surface area contributed by atoms with Gasteiger partial charge in [-0.15, -0.1) is 0 Å². The molecule has 0 radical (unpaired) electrons. The summed E-state index contributed by atoms with van der Waals surface area (Å²) in [7, 11) is 1.45. The summed E-state index contributed by atoms with van der Waals surface area (Å²) in [6.45, 7) is 2.03. The van der Waals surface area contributed by atoms with Crippen molar-refractivity contribution in [2.45, 2.75) is 13.3 Å². The average molecular weight is 258 g/mol. The number of rotatable bonds is 2. The number of carbonyl (C=O) groups is 3.